The van der Waals surface area contributed by atoms with Crippen molar-refractivity contribution in [1.82, 2.24) is 4.90 Å². The van der Waals surface area contributed by atoms with Gasteiger partial charge in [-0.15, -0.1) is 0 Å². The Balaban J connectivity index is 1.64. The molecule has 0 aromatic heterocycles. The number of likely N-dealkylation sites (N-methyl/N-ethyl adjacent to an activating group) is 2. The molecule has 5 heteroatoms. The molecule has 0 bridgehead atoms. The van der Waals surface area contributed by atoms with Gasteiger partial charge in [-0.05, 0) is 31.2 Å². The van der Waals surface area contributed by atoms with Gasteiger partial charge in [-0.25, -0.2) is 4.39 Å². The van der Waals surface area contributed by atoms with Crippen molar-refractivity contribution in [2.24, 2.45) is 0 Å². The molecule has 2 aromatic rings. The molecule has 0 radical (unpaired) electrons. The SMILES string of the molecule is CCN1C[C@H](CN(C)C(=O)/C=C/c2ccccc2F)Oc2ccccc21. The third-order valence-electron chi connectivity index (χ3n) is 4.47. The van der Waals surface area contributed by atoms with Crippen molar-refractivity contribution in [3.8, 4) is 5.75 Å². The lowest BCUT2D eigenvalue weighted by molar-refractivity contribution is -0.125. The summed E-state index contributed by atoms with van der Waals surface area (Å²) in [5.74, 6) is 0.317. The lowest BCUT2D eigenvalue weighted by Crippen LogP contribution is -2.46. The van der Waals surface area contributed by atoms with Crippen molar-refractivity contribution in [3.05, 3.63) is 66.0 Å². The maximum atomic E-state index is 13.6. The molecule has 136 valence electrons. The normalized spacial score (nSPS) is 16.3. The molecule has 2 aromatic carbocycles. The number of nitrogens with zero attached hydrogens (tertiary/aromatic N) is 2. The monoisotopic (exact) mass is 354 g/mol. The van der Waals surface area contributed by atoms with Gasteiger partial charge in [0.25, 0.3) is 0 Å². The zero-order valence-electron chi connectivity index (χ0n) is 15.1. The van der Waals surface area contributed by atoms with Crippen LogP contribution in [-0.4, -0.2) is 43.6 Å². The Morgan fingerprint density at radius 1 is 1.27 bits per heavy atom. The molecule has 1 aliphatic rings. The van der Waals surface area contributed by atoms with Crippen molar-refractivity contribution < 1.29 is 13.9 Å². The summed E-state index contributed by atoms with van der Waals surface area (Å²) in [4.78, 5) is 16.2. The van der Waals surface area contributed by atoms with Crippen molar-refractivity contribution in [3.63, 3.8) is 0 Å². The van der Waals surface area contributed by atoms with Crippen LogP contribution in [0.5, 0.6) is 5.75 Å². The van der Waals surface area contributed by atoms with Gasteiger partial charge in [0, 0.05) is 25.2 Å². The molecule has 1 atom stereocenters. The van der Waals surface area contributed by atoms with Crippen LogP contribution in [0.2, 0.25) is 0 Å². The highest BCUT2D eigenvalue weighted by atomic mass is 19.1. The standard InChI is InChI=1S/C21H23FN2O2/c1-3-24-15-17(26-20-11-7-6-10-19(20)24)14-23(2)21(25)13-12-16-8-4-5-9-18(16)22/h4-13,17H,3,14-15H2,1-2H3/b13-12+/t17-/m0/s1. The van der Waals surface area contributed by atoms with Crippen molar-refractivity contribution >= 4 is 17.7 Å². The summed E-state index contributed by atoms with van der Waals surface area (Å²) in [7, 11) is 1.73. The van der Waals surface area contributed by atoms with E-state index in [9.17, 15) is 9.18 Å². The van der Waals surface area contributed by atoms with Crippen LogP contribution in [-0.2, 0) is 4.79 Å². The van der Waals surface area contributed by atoms with Crippen LogP contribution >= 0.6 is 0 Å². The summed E-state index contributed by atoms with van der Waals surface area (Å²) in [6.45, 7) is 4.17. The van der Waals surface area contributed by atoms with E-state index in [0.717, 1.165) is 24.5 Å². The molecule has 4 nitrogen and oxygen atoms in total. The topological polar surface area (TPSA) is 32.8 Å². The Morgan fingerprint density at radius 2 is 2.00 bits per heavy atom. The molecule has 26 heavy (non-hydrogen) atoms. The summed E-state index contributed by atoms with van der Waals surface area (Å²) in [5, 5.41) is 0. The van der Waals surface area contributed by atoms with Crippen molar-refractivity contribution in [2.45, 2.75) is 13.0 Å². The molecule has 0 saturated carbocycles. The number of rotatable bonds is 5. The minimum absolute atomic E-state index is 0.110. The number of hydrogen-bond donors (Lipinski definition) is 0. The number of hydrogen-bond acceptors (Lipinski definition) is 3. The van der Waals surface area contributed by atoms with E-state index < -0.39 is 0 Å². The summed E-state index contributed by atoms with van der Waals surface area (Å²) in [6, 6.07) is 14.3. The Kier molecular flexibility index (Phi) is 5.56. The Hall–Kier alpha value is -2.82. The highest BCUT2D eigenvalue weighted by Crippen LogP contribution is 2.32. The average Bonchev–Trinajstić information content (AvgIpc) is 2.66. The second-order valence-corrected chi connectivity index (χ2v) is 6.32. The smallest absolute Gasteiger partial charge is 0.246 e. The van der Waals surface area contributed by atoms with Gasteiger partial charge < -0.3 is 14.5 Å². The highest BCUT2D eigenvalue weighted by Gasteiger charge is 2.26. The molecule has 0 saturated heterocycles. The van der Waals surface area contributed by atoms with E-state index in [-0.39, 0.29) is 17.8 Å². The first-order chi connectivity index (χ1) is 12.6. The van der Waals surface area contributed by atoms with E-state index in [0.29, 0.717) is 12.1 Å². The number of halogens is 1. The molecular weight excluding hydrogens is 331 g/mol. The molecule has 0 fully saturated rings. The van der Waals surface area contributed by atoms with Crippen LogP contribution < -0.4 is 9.64 Å². The minimum Gasteiger partial charge on any atom is -0.485 e. The molecule has 1 amide bonds. The number of anilines is 1. The molecule has 0 aliphatic carbocycles. The lowest BCUT2D eigenvalue weighted by Gasteiger charge is -2.37. The molecule has 1 aliphatic heterocycles. The van der Waals surface area contributed by atoms with Gasteiger partial charge in [0.2, 0.25) is 5.91 Å². The summed E-state index contributed by atoms with van der Waals surface area (Å²) in [6.07, 6.45) is 2.79. The first kappa shape index (κ1) is 18.0. The van der Waals surface area contributed by atoms with E-state index in [2.05, 4.69) is 11.8 Å². The molecule has 0 spiro atoms. The number of fused-ring (bicyclic) bond motifs is 1. The fraction of sp³-hybridized carbons (Fsp3) is 0.286. The molecule has 3 rings (SSSR count). The minimum atomic E-state index is -0.343. The van der Waals surface area contributed by atoms with Crippen LogP contribution in [0.3, 0.4) is 0 Å². The Bertz CT molecular complexity index is 806. The van der Waals surface area contributed by atoms with Gasteiger partial charge in [0.15, 0.2) is 0 Å². The third-order valence-corrected chi connectivity index (χ3v) is 4.47. The van der Waals surface area contributed by atoms with Crippen LogP contribution in [0.4, 0.5) is 10.1 Å². The largest absolute Gasteiger partial charge is 0.485 e. The van der Waals surface area contributed by atoms with Crippen molar-refractivity contribution in [1.29, 1.82) is 0 Å². The Morgan fingerprint density at radius 3 is 2.77 bits per heavy atom. The maximum absolute atomic E-state index is 13.6. The lowest BCUT2D eigenvalue weighted by atomic mass is 10.1. The number of benzene rings is 2. The number of amides is 1. The van der Waals surface area contributed by atoms with Crippen LogP contribution in [0, 0.1) is 5.82 Å². The van der Waals surface area contributed by atoms with Gasteiger partial charge in [0.05, 0.1) is 18.8 Å². The fourth-order valence-electron chi connectivity index (χ4n) is 3.07. The number of ether oxygens (including phenoxy) is 1. The number of carbonyl (C=O) groups excluding carboxylic acids is 1. The van der Waals surface area contributed by atoms with Gasteiger partial charge in [0.1, 0.15) is 17.7 Å². The van der Waals surface area contributed by atoms with Gasteiger partial charge in [-0.1, -0.05) is 30.3 Å². The predicted molar refractivity (Wildman–Crippen MR) is 102 cm³/mol. The first-order valence-electron chi connectivity index (χ1n) is 8.77. The zero-order chi connectivity index (χ0) is 18.5. The molecular formula is C21H23FN2O2. The fourth-order valence-corrected chi connectivity index (χ4v) is 3.07. The highest BCUT2D eigenvalue weighted by molar-refractivity contribution is 5.91. The van der Waals surface area contributed by atoms with E-state index in [1.807, 2.05) is 24.3 Å². The zero-order valence-corrected chi connectivity index (χ0v) is 15.1. The number of carbonyl (C=O) groups is 1. The van der Waals surface area contributed by atoms with Crippen LogP contribution in [0.25, 0.3) is 6.08 Å². The Labute approximate surface area is 153 Å². The third kappa shape index (κ3) is 4.04. The van der Waals surface area contributed by atoms with Crippen molar-refractivity contribution in [2.75, 3.05) is 31.6 Å². The summed E-state index contributed by atoms with van der Waals surface area (Å²) < 4.78 is 19.7. The maximum Gasteiger partial charge on any atom is 0.246 e. The van der Waals surface area contributed by atoms with Crippen LogP contribution in [0.1, 0.15) is 12.5 Å². The van der Waals surface area contributed by atoms with E-state index in [4.69, 9.17) is 4.74 Å². The average molecular weight is 354 g/mol. The van der Waals surface area contributed by atoms with Gasteiger partial charge >= 0.3 is 0 Å². The van der Waals surface area contributed by atoms with Crippen LogP contribution in [0.15, 0.2) is 54.6 Å². The van der Waals surface area contributed by atoms with Gasteiger partial charge in [-0.3, -0.25) is 4.79 Å². The summed E-state index contributed by atoms with van der Waals surface area (Å²) >= 11 is 0. The molecule has 0 unspecified atom stereocenters. The van der Waals surface area contributed by atoms with E-state index in [1.165, 1.54) is 18.2 Å². The second-order valence-electron chi connectivity index (χ2n) is 6.32. The number of para-hydroxylation sites is 2. The second kappa shape index (κ2) is 8.04. The van der Waals surface area contributed by atoms with Gasteiger partial charge in [-0.2, -0.15) is 0 Å². The molecule has 0 N–H and O–H groups in total. The first-order valence-corrected chi connectivity index (χ1v) is 8.77. The predicted octanol–water partition coefficient (Wildman–Crippen LogP) is 3.58. The summed E-state index contributed by atoms with van der Waals surface area (Å²) in [5.41, 5.74) is 1.48. The van der Waals surface area contributed by atoms with E-state index in [1.54, 1.807) is 30.1 Å². The van der Waals surface area contributed by atoms with E-state index >= 15 is 0 Å². The quantitative estimate of drug-likeness (QED) is 0.770. The molecule has 1 heterocycles.